The third-order valence-corrected chi connectivity index (χ3v) is 12.2. The van der Waals surface area contributed by atoms with Gasteiger partial charge >= 0.3 is 0 Å². The number of carbonyl (C=O) groups is 1. The average molecular weight is 761 g/mol. The summed E-state index contributed by atoms with van der Waals surface area (Å²) in [6.45, 7) is 11.0. The summed E-state index contributed by atoms with van der Waals surface area (Å²) in [6, 6.07) is 13.9. The number of nitrogens with zero attached hydrogens (tertiary/aromatic N) is 1. The van der Waals surface area contributed by atoms with Crippen molar-refractivity contribution in [3.63, 3.8) is 0 Å². The van der Waals surface area contributed by atoms with Crippen molar-refractivity contribution in [3.8, 4) is 11.5 Å². The Morgan fingerprint density at radius 1 is 1.04 bits per heavy atom. The molecule has 3 N–H and O–H groups in total. The Morgan fingerprint density at radius 3 is 2.52 bits per heavy atom. The minimum absolute atomic E-state index is 0.0506. The maximum atomic E-state index is 11.8. The number of rotatable bonds is 19. The van der Waals surface area contributed by atoms with E-state index in [2.05, 4.69) is 30.6 Å². The van der Waals surface area contributed by atoms with E-state index in [4.69, 9.17) is 28.9 Å². The fraction of sp³-hybridized carbons (Fsp3) is 0.535. The van der Waals surface area contributed by atoms with Crippen LogP contribution in [0.25, 0.3) is 0 Å². The number of allylic oxidation sites excluding steroid dienone is 1. The molecule has 11 heteroatoms. The van der Waals surface area contributed by atoms with E-state index in [0.29, 0.717) is 26.1 Å². The highest BCUT2D eigenvalue weighted by Gasteiger charge is 2.64. The van der Waals surface area contributed by atoms with Gasteiger partial charge in [-0.05, 0) is 98.4 Å². The number of amides is 1. The lowest BCUT2D eigenvalue weighted by atomic mass is 9.56. The number of oxime groups is 1. The van der Waals surface area contributed by atoms with Crippen molar-refractivity contribution in [2.75, 3.05) is 38.4 Å². The van der Waals surface area contributed by atoms with Crippen LogP contribution in [0.15, 0.2) is 89.5 Å². The Morgan fingerprint density at radius 2 is 1.81 bits per heavy atom. The monoisotopic (exact) mass is 760 g/mol. The first-order chi connectivity index (χ1) is 26.4. The summed E-state index contributed by atoms with van der Waals surface area (Å²) in [7, 11) is 0. The highest BCUT2D eigenvalue weighted by atomic mass is 32.2. The molecule has 0 spiro atoms. The van der Waals surface area contributed by atoms with Gasteiger partial charge in [-0.25, -0.2) is 0 Å². The fourth-order valence-electron chi connectivity index (χ4n) is 8.57. The SMILES string of the molecule is C=CCOc1ccc2c(c1)[C@H]1[C@H](CCCCO)[C@@H](CCCCO)C=C3C(=NOC4CCCCO4)C[C@H](Sc4ccc(NC(C)=O)cc4)[C@@](OCC=C)(O2)[C@H]31. The summed E-state index contributed by atoms with van der Waals surface area (Å²) in [5.74, 6) is 0.289. The molecular weight excluding hydrogens is 705 g/mol. The lowest BCUT2D eigenvalue weighted by Crippen LogP contribution is -2.64. The summed E-state index contributed by atoms with van der Waals surface area (Å²) in [5.41, 5.74) is 3.71. The quantitative estimate of drug-likeness (QED) is 0.0739. The molecule has 1 saturated carbocycles. The summed E-state index contributed by atoms with van der Waals surface area (Å²) in [6.07, 6.45) is 13.8. The van der Waals surface area contributed by atoms with Crippen molar-refractivity contribution in [2.24, 2.45) is 22.9 Å². The summed E-state index contributed by atoms with van der Waals surface area (Å²) in [5, 5.41) is 27.2. The van der Waals surface area contributed by atoms with Crippen LogP contribution in [0.5, 0.6) is 11.5 Å². The lowest BCUT2D eigenvalue weighted by Gasteiger charge is -2.58. The van der Waals surface area contributed by atoms with E-state index in [1.807, 2.05) is 36.4 Å². The molecule has 2 aliphatic carbocycles. The van der Waals surface area contributed by atoms with Gasteiger partial charge in [-0.15, -0.1) is 18.3 Å². The Labute approximate surface area is 324 Å². The Hall–Kier alpha value is -3.61. The summed E-state index contributed by atoms with van der Waals surface area (Å²) < 4.78 is 26.4. The van der Waals surface area contributed by atoms with Crippen molar-refractivity contribution in [2.45, 2.75) is 99.3 Å². The molecule has 54 heavy (non-hydrogen) atoms. The number of hydrogen-bond acceptors (Lipinski definition) is 10. The normalized spacial score (nSPS) is 27.8. The Balaban J connectivity index is 1.52. The van der Waals surface area contributed by atoms with Crippen molar-refractivity contribution < 1.29 is 38.8 Å². The first-order valence-electron chi connectivity index (χ1n) is 19.5. The topological polar surface area (TPSA) is 128 Å². The number of aliphatic hydroxyl groups excluding tert-OH is 2. The van der Waals surface area contributed by atoms with Crippen molar-refractivity contribution in [1.82, 2.24) is 0 Å². The molecule has 2 heterocycles. The number of benzene rings is 2. The zero-order valence-electron chi connectivity index (χ0n) is 31.5. The second-order valence-electron chi connectivity index (χ2n) is 14.6. The van der Waals surface area contributed by atoms with Crippen LogP contribution in [0.2, 0.25) is 0 Å². The van der Waals surface area contributed by atoms with E-state index in [0.717, 1.165) is 90.3 Å². The number of aliphatic hydroxyl groups is 2. The van der Waals surface area contributed by atoms with Crippen LogP contribution in [-0.2, 0) is 19.1 Å². The smallest absolute Gasteiger partial charge is 0.231 e. The molecule has 2 aliphatic heterocycles. The molecular formula is C43H56N2O8S. The number of hydrogen-bond donors (Lipinski definition) is 3. The van der Waals surface area contributed by atoms with E-state index < -0.39 is 12.1 Å². The van der Waals surface area contributed by atoms with Crippen LogP contribution in [-0.4, -0.2) is 72.2 Å². The van der Waals surface area contributed by atoms with Gasteiger partial charge in [-0.1, -0.05) is 42.8 Å². The highest BCUT2D eigenvalue weighted by molar-refractivity contribution is 8.00. The second-order valence-corrected chi connectivity index (χ2v) is 15.8. The first-order valence-corrected chi connectivity index (χ1v) is 20.4. The van der Waals surface area contributed by atoms with E-state index in [1.54, 1.807) is 23.9 Å². The van der Waals surface area contributed by atoms with Gasteiger partial charge < -0.3 is 39.3 Å². The van der Waals surface area contributed by atoms with E-state index >= 15 is 0 Å². The van der Waals surface area contributed by atoms with Crippen LogP contribution in [0.1, 0.15) is 82.6 Å². The molecule has 2 fully saturated rings. The zero-order chi connectivity index (χ0) is 37.9. The van der Waals surface area contributed by atoms with Gasteiger partial charge in [0.15, 0.2) is 0 Å². The third-order valence-electron chi connectivity index (χ3n) is 10.9. The predicted molar refractivity (Wildman–Crippen MR) is 212 cm³/mol. The number of unbranched alkanes of at least 4 members (excludes halogenated alkanes) is 2. The standard InChI is InChI=1S/C43H56N2O8S/c1-4-23-49-32-17-20-38-36(27-32)41-34(13-7-10-22-47)30(12-6-9-21-46)26-35-37(45-53-40-14-8-11-25-50-40)28-39(43(52-38,42(35)41)51-24-5-2)54-33-18-15-31(16-19-33)44-29(3)48/h4-5,15-20,26-27,30,34,39-42,46-47H,1-2,6-14,21-25,28H2,3H3,(H,44,48)/t30-,34+,39-,40?,41+,42+,43+/m0/s1. The van der Waals surface area contributed by atoms with Crippen LogP contribution in [0.3, 0.4) is 0 Å². The number of ether oxygens (including phenoxy) is 4. The number of nitrogens with one attached hydrogen (secondary N) is 1. The lowest BCUT2D eigenvalue weighted by molar-refractivity contribution is -0.223. The van der Waals surface area contributed by atoms with Gasteiger partial charge in [0.1, 0.15) is 18.1 Å². The fourth-order valence-corrected chi connectivity index (χ4v) is 9.86. The molecule has 1 amide bonds. The molecule has 4 aliphatic rings. The van der Waals surface area contributed by atoms with Gasteiger partial charge in [0.05, 0.1) is 30.1 Å². The van der Waals surface area contributed by atoms with Gasteiger partial charge in [0.2, 0.25) is 18.0 Å². The Bertz CT molecular complexity index is 1640. The van der Waals surface area contributed by atoms with E-state index in [9.17, 15) is 15.0 Å². The summed E-state index contributed by atoms with van der Waals surface area (Å²) in [4.78, 5) is 19.0. The number of anilines is 1. The molecule has 1 saturated heterocycles. The number of carbonyl (C=O) groups excluding carboxylic acids is 1. The molecule has 0 radical (unpaired) electrons. The number of thioether (sulfide) groups is 1. The number of fused-ring (bicyclic) bond motifs is 2. The minimum Gasteiger partial charge on any atom is -0.490 e. The van der Waals surface area contributed by atoms with Gasteiger partial charge in [0.25, 0.3) is 0 Å². The third kappa shape index (κ3) is 9.25. The van der Waals surface area contributed by atoms with Crippen LogP contribution in [0.4, 0.5) is 5.69 Å². The van der Waals surface area contributed by atoms with Crippen LogP contribution < -0.4 is 14.8 Å². The average Bonchev–Trinajstić information content (AvgIpc) is 3.18. The van der Waals surface area contributed by atoms with Crippen LogP contribution >= 0.6 is 11.8 Å². The maximum Gasteiger partial charge on any atom is 0.231 e. The minimum atomic E-state index is -1.12. The molecule has 0 aromatic heterocycles. The molecule has 292 valence electrons. The Kier molecular flexibility index (Phi) is 14.3. The highest BCUT2D eigenvalue weighted by Crippen LogP contribution is 2.63. The molecule has 7 atom stereocenters. The molecule has 6 rings (SSSR count). The van der Waals surface area contributed by atoms with Crippen molar-refractivity contribution in [1.29, 1.82) is 0 Å². The van der Waals surface area contributed by atoms with Gasteiger partial charge in [0, 0.05) is 55.0 Å². The maximum absolute atomic E-state index is 11.8. The zero-order valence-corrected chi connectivity index (χ0v) is 32.3. The van der Waals surface area contributed by atoms with Crippen molar-refractivity contribution >= 4 is 29.1 Å². The predicted octanol–water partition coefficient (Wildman–Crippen LogP) is 8.16. The van der Waals surface area contributed by atoms with Crippen LogP contribution in [0, 0.1) is 17.8 Å². The van der Waals surface area contributed by atoms with Gasteiger partial charge in [-0.3, -0.25) is 4.79 Å². The van der Waals surface area contributed by atoms with E-state index in [1.165, 1.54) is 6.92 Å². The van der Waals surface area contributed by atoms with Crippen molar-refractivity contribution in [3.05, 3.63) is 85.0 Å². The molecule has 1 unspecified atom stereocenters. The molecule has 0 bridgehead atoms. The molecule has 10 nitrogen and oxygen atoms in total. The second kappa shape index (κ2) is 19.3. The molecule has 2 aromatic rings. The first kappa shape index (κ1) is 40.1. The van der Waals surface area contributed by atoms with Gasteiger partial charge in [-0.2, -0.15) is 0 Å². The van der Waals surface area contributed by atoms with E-state index in [-0.39, 0.29) is 54.6 Å². The summed E-state index contributed by atoms with van der Waals surface area (Å²) >= 11 is 1.67. The largest absolute Gasteiger partial charge is 0.490 e. The molecule has 2 aromatic carbocycles.